The van der Waals surface area contributed by atoms with E-state index in [0.717, 1.165) is 60.7 Å². The van der Waals surface area contributed by atoms with Gasteiger partial charge in [0.2, 0.25) is 0 Å². The Balaban J connectivity index is 1.06. The largest absolute Gasteiger partial charge is 0.362 e. The van der Waals surface area contributed by atoms with Gasteiger partial charge in [0.1, 0.15) is 22.7 Å². The normalized spacial score (nSPS) is 18.1. The minimum absolute atomic E-state index is 0.0653. The van der Waals surface area contributed by atoms with Crippen LogP contribution in [0.25, 0.3) is 21.9 Å². The Kier molecular flexibility index (Phi) is 6.88. The van der Waals surface area contributed by atoms with E-state index in [1.165, 1.54) is 19.3 Å². The molecule has 8 nitrogen and oxygen atoms in total. The minimum atomic E-state index is -0.0653. The van der Waals surface area contributed by atoms with Crippen LogP contribution in [0.4, 0.5) is 5.82 Å². The third-order valence-corrected chi connectivity index (χ3v) is 7.10. The Hall–Kier alpha value is -3.55. The average Bonchev–Trinajstić information content (AvgIpc) is 3.35. The van der Waals surface area contributed by atoms with Crippen LogP contribution in [-0.4, -0.2) is 46.8 Å². The summed E-state index contributed by atoms with van der Waals surface area (Å²) in [4.78, 5) is 24.2. The van der Waals surface area contributed by atoms with E-state index in [1.807, 2.05) is 26.2 Å². The summed E-state index contributed by atoms with van der Waals surface area (Å²) in [6.45, 7) is 0.721. The molecule has 2 heterocycles. The molecule has 0 atom stereocenters. The zero-order valence-electron chi connectivity index (χ0n) is 20.4. The molecule has 1 N–H and O–H groups in total. The Morgan fingerprint density at radius 1 is 0.971 bits per heavy atom. The minimum Gasteiger partial charge on any atom is -0.362 e. The van der Waals surface area contributed by atoms with Crippen molar-refractivity contribution in [2.75, 3.05) is 25.5 Å². The number of para-hydroxylation sites is 1. The van der Waals surface area contributed by atoms with Crippen LogP contribution in [0, 0.1) is 11.8 Å². The number of hydrogen-bond donors (Lipinski definition) is 1. The topological polar surface area (TPSA) is 97.0 Å². The molecule has 0 aliphatic heterocycles. The van der Waals surface area contributed by atoms with Crippen molar-refractivity contribution < 1.29 is 9.42 Å². The molecule has 2 aromatic heterocycles. The second-order valence-corrected chi connectivity index (χ2v) is 9.83. The van der Waals surface area contributed by atoms with Gasteiger partial charge in [-0.05, 0) is 71.7 Å². The SMILES string of the molecule is CN(C)c1nc(CCCC2CCC(CNC(=O)c3ccc4nonc4c3)CC2)nc2ccccc12. The van der Waals surface area contributed by atoms with Crippen LogP contribution in [-0.2, 0) is 6.42 Å². The number of nitrogens with zero attached hydrogens (tertiary/aromatic N) is 5. The Morgan fingerprint density at radius 3 is 2.57 bits per heavy atom. The summed E-state index contributed by atoms with van der Waals surface area (Å²) in [5, 5.41) is 11.8. The first-order chi connectivity index (χ1) is 17.1. The molecule has 0 radical (unpaired) electrons. The van der Waals surface area contributed by atoms with E-state index in [2.05, 4.69) is 32.7 Å². The predicted octanol–water partition coefficient (Wildman–Crippen LogP) is 4.79. The van der Waals surface area contributed by atoms with Gasteiger partial charge < -0.3 is 10.2 Å². The van der Waals surface area contributed by atoms with Crippen LogP contribution in [0.5, 0.6) is 0 Å². The molecular formula is C27H32N6O2. The lowest BCUT2D eigenvalue weighted by Gasteiger charge is -2.28. The molecule has 2 aromatic carbocycles. The van der Waals surface area contributed by atoms with Crippen molar-refractivity contribution in [2.24, 2.45) is 11.8 Å². The highest BCUT2D eigenvalue weighted by Crippen LogP contribution is 2.32. The number of fused-ring (bicyclic) bond motifs is 2. The Bertz CT molecular complexity index is 1310. The number of carbonyl (C=O) groups is 1. The van der Waals surface area contributed by atoms with Crippen molar-refractivity contribution in [1.82, 2.24) is 25.6 Å². The quantitative estimate of drug-likeness (QED) is 0.394. The van der Waals surface area contributed by atoms with Gasteiger partial charge in [0.25, 0.3) is 5.91 Å². The number of anilines is 1. The number of amides is 1. The second kappa shape index (κ2) is 10.4. The molecule has 1 fully saturated rings. The maximum atomic E-state index is 12.5. The molecule has 8 heteroatoms. The van der Waals surface area contributed by atoms with E-state index in [4.69, 9.17) is 14.6 Å². The smallest absolute Gasteiger partial charge is 0.251 e. The fraction of sp³-hybridized carbons (Fsp3) is 0.444. The van der Waals surface area contributed by atoms with Crippen molar-refractivity contribution in [3.8, 4) is 0 Å². The summed E-state index contributed by atoms with van der Waals surface area (Å²) in [5.74, 6) is 3.15. The number of hydrogen-bond acceptors (Lipinski definition) is 7. The molecule has 0 unspecified atom stereocenters. The molecule has 1 amide bonds. The highest BCUT2D eigenvalue weighted by atomic mass is 16.6. The van der Waals surface area contributed by atoms with Crippen LogP contribution in [0.2, 0.25) is 0 Å². The average molecular weight is 473 g/mol. The summed E-state index contributed by atoms with van der Waals surface area (Å²) < 4.78 is 4.71. The fourth-order valence-electron chi connectivity index (χ4n) is 5.10. The van der Waals surface area contributed by atoms with Crippen LogP contribution < -0.4 is 10.2 Å². The van der Waals surface area contributed by atoms with E-state index in [0.29, 0.717) is 22.5 Å². The van der Waals surface area contributed by atoms with E-state index >= 15 is 0 Å². The standard InChI is InChI=1S/C27H32N6O2/c1-33(2)26-21-7-3-4-8-22(21)29-25(30-26)9-5-6-18-10-12-19(13-11-18)17-28-27(34)20-14-15-23-24(16-20)32-35-31-23/h3-4,7-8,14-16,18-19H,5-6,9-13,17H2,1-2H3,(H,28,34). The van der Waals surface area contributed by atoms with Gasteiger partial charge in [-0.3, -0.25) is 4.79 Å². The lowest BCUT2D eigenvalue weighted by molar-refractivity contribution is 0.0941. The van der Waals surface area contributed by atoms with E-state index in [1.54, 1.807) is 18.2 Å². The molecule has 0 saturated heterocycles. The lowest BCUT2D eigenvalue weighted by Crippen LogP contribution is -2.31. The number of benzene rings is 2. The fourth-order valence-corrected chi connectivity index (χ4v) is 5.10. The lowest BCUT2D eigenvalue weighted by atomic mass is 9.80. The van der Waals surface area contributed by atoms with Crippen molar-refractivity contribution in [3.05, 3.63) is 53.9 Å². The molecule has 1 aliphatic carbocycles. The second-order valence-electron chi connectivity index (χ2n) is 9.83. The van der Waals surface area contributed by atoms with Gasteiger partial charge >= 0.3 is 0 Å². The third kappa shape index (κ3) is 5.42. The van der Waals surface area contributed by atoms with Crippen molar-refractivity contribution in [1.29, 1.82) is 0 Å². The zero-order chi connectivity index (χ0) is 24.2. The first-order valence-electron chi connectivity index (χ1n) is 12.5. The molecule has 1 saturated carbocycles. The van der Waals surface area contributed by atoms with Crippen LogP contribution >= 0.6 is 0 Å². The van der Waals surface area contributed by atoms with Gasteiger partial charge in [-0.1, -0.05) is 31.4 Å². The van der Waals surface area contributed by atoms with Gasteiger partial charge in [0.15, 0.2) is 0 Å². The van der Waals surface area contributed by atoms with Crippen LogP contribution in [0.15, 0.2) is 47.1 Å². The number of aromatic nitrogens is 4. The number of carbonyl (C=O) groups excluding carboxylic acids is 1. The molecule has 5 rings (SSSR count). The molecule has 0 bridgehead atoms. The molecule has 4 aromatic rings. The van der Waals surface area contributed by atoms with Gasteiger partial charge in [0, 0.05) is 38.0 Å². The maximum Gasteiger partial charge on any atom is 0.251 e. The molecule has 182 valence electrons. The van der Waals surface area contributed by atoms with Gasteiger partial charge in [-0.2, -0.15) is 0 Å². The Labute approximate surface area is 205 Å². The zero-order valence-corrected chi connectivity index (χ0v) is 20.4. The number of rotatable bonds is 8. The number of aryl methyl sites for hydroxylation is 1. The van der Waals surface area contributed by atoms with Crippen LogP contribution in [0.1, 0.15) is 54.7 Å². The summed E-state index contributed by atoms with van der Waals surface area (Å²) in [7, 11) is 4.07. The van der Waals surface area contributed by atoms with Crippen molar-refractivity contribution in [3.63, 3.8) is 0 Å². The van der Waals surface area contributed by atoms with E-state index in [-0.39, 0.29) is 5.91 Å². The summed E-state index contributed by atoms with van der Waals surface area (Å²) in [6.07, 6.45) is 7.99. The third-order valence-electron chi connectivity index (χ3n) is 7.10. The molecular weight excluding hydrogens is 440 g/mol. The molecule has 35 heavy (non-hydrogen) atoms. The van der Waals surface area contributed by atoms with Gasteiger partial charge in [-0.25, -0.2) is 14.6 Å². The summed E-state index contributed by atoms with van der Waals surface area (Å²) >= 11 is 0. The molecule has 0 spiro atoms. The first-order valence-corrected chi connectivity index (χ1v) is 12.5. The van der Waals surface area contributed by atoms with Crippen molar-refractivity contribution >= 4 is 33.7 Å². The predicted molar refractivity (Wildman–Crippen MR) is 136 cm³/mol. The monoisotopic (exact) mass is 472 g/mol. The Morgan fingerprint density at radius 2 is 1.74 bits per heavy atom. The summed E-state index contributed by atoms with van der Waals surface area (Å²) in [6, 6.07) is 13.5. The molecule has 1 aliphatic rings. The maximum absolute atomic E-state index is 12.5. The summed E-state index contributed by atoms with van der Waals surface area (Å²) in [5.41, 5.74) is 2.87. The van der Waals surface area contributed by atoms with Crippen molar-refractivity contribution in [2.45, 2.75) is 44.9 Å². The van der Waals surface area contributed by atoms with Gasteiger partial charge in [-0.15, -0.1) is 0 Å². The highest BCUT2D eigenvalue weighted by Gasteiger charge is 2.22. The van der Waals surface area contributed by atoms with Gasteiger partial charge in [0.05, 0.1) is 5.52 Å². The van der Waals surface area contributed by atoms with Crippen LogP contribution in [0.3, 0.4) is 0 Å². The first kappa shape index (κ1) is 23.2. The van der Waals surface area contributed by atoms with E-state index in [9.17, 15) is 4.79 Å². The highest BCUT2D eigenvalue weighted by molar-refractivity contribution is 5.97. The number of nitrogens with one attached hydrogen (secondary N) is 1. The van der Waals surface area contributed by atoms with E-state index < -0.39 is 0 Å².